The average Bonchev–Trinajstić information content (AvgIpc) is 2.65. The largest absolute Gasteiger partial charge is 0.352 e. The second-order valence-electron chi connectivity index (χ2n) is 6.73. The molecule has 0 spiro atoms. The standard InChI is InChI=1S/C21H28N4O2/c1-5-25(18-9-6-8-16(2)14-18)21(27)19-15-17(10-12-22-19)20(26)23-11-7-13-24(3)4/h6,8-10,12,14-15H,5,7,11,13H2,1-4H3,(H,23,26). The predicted octanol–water partition coefficient (Wildman–Crippen LogP) is 2.74. The van der Waals surface area contributed by atoms with Crippen LogP contribution in [0.5, 0.6) is 0 Å². The van der Waals surface area contributed by atoms with E-state index in [1.807, 2.05) is 52.2 Å². The molecule has 1 heterocycles. The van der Waals surface area contributed by atoms with Gasteiger partial charge in [0.2, 0.25) is 0 Å². The van der Waals surface area contributed by atoms with Crippen molar-refractivity contribution < 1.29 is 9.59 Å². The Morgan fingerprint density at radius 1 is 1.15 bits per heavy atom. The molecular weight excluding hydrogens is 340 g/mol. The van der Waals surface area contributed by atoms with Gasteiger partial charge < -0.3 is 15.1 Å². The summed E-state index contributed by atoms with van der Waals surface area (Å²) in [7, 11) is 3.99. The summed E-state index contributed by atoms with van der Waals surface area (Å²) >= 11 is 0. The van der Waals surface area contributed by atoms with Gasteiger partial charge in [0, 0.05) is 30.5 Å². The second-order valence-corrected chi connectivity index (χ2v) is 6.73. The van der Waals surface area contributed by atoms with Crippen LogP contribution < -0.4 is 10.2 Å². The number of carbonyl (C=O) groups is 2. The summed E-state index contributed by atoms with van der Waals surface area (Å²) in [6.45, 7) is 5.92. The molecule has 0 aliphatic carbocycles. The maximum absolute atomic E-state index is 12.9. The molecule has 1 aromatic heterocycles. The third kappa shape index (κ3) is 5.89. The van der Waals surface area contributed by atoms with Crippen LogP contribution in [0.3, 0.4) is 0 Å². The first-order chi connectivity index (χ1) is 12.9. The Morgan fingerprint density at radius 2 is 1.93 bits per heavy atom. The van der Waals surface area contributed by atoms with E-state index in [-0.39, 0.29) is 17.5 Å². The van der Waals surface area contributed by atoms with E-state index in [0.717, 1.165) is 24.2 Å². The van der Waals surface area contributed by atoms with Crippen molar-refractivity contribution in [3.05, 3.63) is 59.4 Å². The van der Waals surface area contributed by atoms with Crippen LogP contribution in [-0.4, -0.2) is 55.4 Å². The van der Waals surface area contributed by atoms with E-state index in [9.17, 15) is 9.59 Å². The summed E-state index contributed by atoms with van der Waals surface area (Å²) in [5, 5.41) is 2.88. The van der Waals surface area contributed by atoms with Crippen LogP contribution in [0.2, 0.25) is 0 Å². The fourth-order valence-corrected chi connectivity index (χ4v) is 2.77. The summed E-state index contributed by atoms with van der Waals surface area (Å²) in [5.41, 5.74) is 2.61. The third-order valence-corrected chi connectivity index (χ3v) is 4.18. The van der Waals surface area contributed by atoms with Crippen LogP contribution >= 0.6 is 0 Å². The van der Waals surface area contributed by atoms with E-state index >= 15 is 0 Å². The van der Waals surface area contributed by atoms with Gasteiger partial charge >= 0.3 is 0 Å². The van der Waals surface area contributed by atoms with Crippen LogP contribution in [0.4, 0.5) is 5.69 Å². The number of rotatable bonds is 8. The van der Waals surface area contributed by atoms with Gasteiger partial charge in [-0.2, -0.15) is 0 Å². The van der Waals surface area contributed by atoms with Crippen molar-refractivity contribution in [2.24, 2.45) is 0 Å². The van der Waals surface area contributed by atoms with Gasteiger partial charge in [-0.3, -0.25) is 14.6 Å². The molecule has 1 aromatic carbocycles. The molecule has 1 N–H and O–H groups in total. The minimum Gasteiger partial charge on any atom is -0.352 e. The molecule has 6 heteroatoms. The maximum Gasteiger partial charge on any atom is 0.276 e. The molecule has 0 saturated heterocycles. The van der Waals surface area contributed by atoms with Gasteiger partial charge in [-0.25, -0.2) is 0 Å². The van der Waals surface area contributed by atoms with Crippen molar-refractivity contribution in [2.75, 3.05) is 38.6 Å². The first-order valence-electron chi connectivity index (χ1n) is 9.20. The van der Waals surface area contributed by atoms with Crippen LogP contribution in [0.1, 0.15) is 39.8 Å². The average molecular weight is 368 g/mol. The van der Waals surface area contributed by atoms with E-state index in [0.29, 0.717) is 18.7 Å². The molecule has 0 radical (unpaired) electrons. The molecule has 27 heavy (non-hydrogen) atoms. The molecular formula is C21H28N4O2. The number of aromatic nitrogens is 1. The van der Waals surface area contributed by atoms with Crippen LogP contribution in [0, 0.1) is 6.92 Å². The van der Waals surface area contributed by atoms with Crippen LogP contribution in [0.15, 0.2) is 42.6 Å². The van der Waals surface area contributed by atoms with E-state index < -0.39 is 0 Å². The molecule has 0 bridgehead atoms. The van der Waals surface area contributed by atoms with Crippen molar-refractivity contribution in [3.8, 4) is 0 Å². The molecule has 0 unspecified atom stereocenters. The van der Waals surface area contributed by atoms with E-state index in [1.165, 1.54) is 6.20 Å². The van der Waals surface area contributed by atoms with E-state index in [4.69, 9.17) is 0 Å². The molecule has 0 aliphatic rings. The Hall–Kier alpha value is -2.73. The Bertz CT molecular complexity index is 789. The number of benzene rings is 1. The molecule has 144 valence electrons. The summed E-state index contributed by atoms with van der Waals surface area (Å²) < 4.78 is 0. The molecule has 0 atom stereocenters. The van der Waals surface area contributed by atoms with Gasteiger partial charge in [0.05, 0.1) is 0 Å². The van der Waals surface area contributed by atoms with Gasteiger partial charge in [0.1, 0.15) is 5.69 Å². The Labute approximate surface area is 161 Å². The predicted molar refractivity (Wildman–Crippen MR) is 108 cm³/mol. The normalized spacial score (nSPS) is 10.7. The number of amides is 2. The number of hydrogen-bond donors (Lipinski definition) is 1. The number of nitrogens with one attached hydrogen (secondary N) is 1. The molecule has 2 rings (SSSR count). The van der Waals surface area contributed by atoms with Crippen LogP contribution in [0.25, 0.3) is 0 Å². The number of aryl methyl sites for hydroxylation is 1. The maximum atomic E-state index is 12.9. The highest BCUT2D eigenvalue weighted by Gasteiger charge is 2.19. The van der Waals surface area contributed by atoms with Gasteiger partial charge in [-0.15, -0.1) is 0 Å². The lowest BCUT2D eigenvalue weighted by Crippen LogP contribution is -2.32. The third-order valence-electron chi connectivity index (χ3n) is 4.18. The van der Waals surface area contributed by atoms with Crippen molar-refractivity contribution in [1.82, 2.24) is 15.2 Å². The lowest BCUT2D eigenvalue weighted by molar-refractivity contribution is 0.0952. The number of pyridine rings is 1. The van der Waals surface area contributed by atoms with Crippen molar-refractivity contribution >= 4 is 17.5 Å². The van der Waals surface area contributed by atoms with Crippen molar-refractivity contribution in [1.29, 1.82) is 0 Å². The topological polar surface area (TPSA) is 65.5 Å². The molecule has 0 saturated carbocycles. The molecule has 2 aromatic rings. The fraction of sp³-hybridized carbons (Fsp3) is 0.381. The monoisotopic (exact) mass is 368 g/mol. The Morgan fingerprint density at radius 3 is 2.59 bits per heavy atom. The zero-order chi connectivity index (χ0) is 19.8. The molecule has 0 aliphatic heterocycles. The number of hydrogen-bond acceptors (Lipinski definition) is 4. The molecule has 0 fully saturated rings. The molecule has 2 amide bonds. The minimum absolute atomic E-state index is 0.191. The number of nitrogens with zero attached hydrogens (tertiary/aromatic N) is 3. The van der Waals surface area contributed by atoms with Gasteiger partial charge in [0.25, 0.3) is 11.8 Å². The Kier molecular flexibility index (Phi) is 7.49. The Balaban J connectivity index is 2.10. The van der Waals surface area contributed by atoms with Gasteiger partial charge in [-0.1, -0.05) is 12.1 Å². The first kappa shape index (κ1) is 20.6. The summed E-state index contributed by atoms with van der Waals surface area (Å²) in [5.74, 6) is -0.408. The summed E-state index contributed by atoms with van der Waals surface area (Å²) in [4.78, 5) is 33.2. The van der Waals surface area contributed by atoms with Crippen LogP contribution in [-0.2, 0) is 0 Å². The second kappa shape index (κ2) is 9.83. The first-order valence-corrected chi connectivity index (χ1v) is 9.20. The lowest BCUT2D eigenvalue weighted by atomic mass is 10.1. The highest BCUT2D eigenvalue weighted by molar-refractivity contribution is 6.06. The highest BCUT2D eigenvalue weighted by Crippen LogP contribution is 2.18. The van der Waals surface area contributed by atoms with Gasteiger partial charge in [0.15, 0.2) is 0 Å². The fourth-order valence-electron chi connectivity index (χ4n) is 2.77. The van der Waals surface area contributed by atoms with E-state index in [1.54, 1.807) is 17.0 Å². The van der Waals surface area contributed by atoms with Gasteiger partial charge in [-0.05, 0) is 70.7 Å². The molecule has 6 nitrogen and oxygen atoms in total. The highest BCUT2D eigenvalue weighted by atomic mass is 16.2. The zero-order valence-corrected chi connectivity index (χ0v) is 16.5. The number of carbonyl (C=O) groups excluding carboxylic acids is 2. The van der Waals surface area contributed by atoms with E-state index in [2.05, 4.69) is 15.2 Å². The zero-order valence-electron chi connectivity index (χ0n) is 16.5. The summed E-state index contributed by atoms with van der Waals surface area (Å²) in [6.07, 6.45) is 2.37. The lowest BCUT2D eigenvalue weighted by Gasteiger charge is -2.21. The quantitative estimate of drug-likeness (QED) is 0.728. The minimum atomic E-state index is -0.217. The SMILES string of the molecule is CCN(C(=O)c1cc(C(=O)NCCCN(C)C)ccn1)c1cccc(C)c1. The smallest absolute Gasteiger partial charge is 0.276 e. The van der Waals surface area contributed by atoms with Crippen molar-refractivity contribution in [2.45, 2.75) is 20.3 Å². The number of anilines is 1. The van der Waals surface area contributed by atoms with Crippen molar-refractivity contribution in [3.63, 3.8) is 0 Å². The summed E-state index contributed by atoms with van der Waals surface area (Å²) in [6, 6.07) is 11.0.